The van der Waals surface area contributed by atoms with Crippen LogP contribution < -0.4 is 16.0 Å². The molecule has 1 saturated heterocycles. The summed E-state index contributed by atoms with van der Waals surface area (Å²) in [6, 6.07) is 7.19. The topological polar surface area (TPSA) is 185 Å². The van der Waals surface area contributed by atoms with E-state index in [0.717, 1.165) is 26.7 Å². The first-order valence-corrected chi connectivity index (χ1v) is 16.3. The molecule has 0 aliphatic carbocycles. The number of piperidine rings is 1. The number of hydrogen-bond donors (Lipinski definition) is 5. The van der Waals surface area contributed by atoms with E-state index in [-0.39, 0.29) is 23.6 Å². The molecule has 1 fully saturated rings. The van der Waals surface area contributed by atoms with Crippen LogP contribution in [0, 0.1) is 5.92 Å². The van der Waals surface area contributed by atoms with Crippen molar-refractivity contribution in [1.82, 2.24) is 25.0 Å². The number of carbonyl (C=O) groups excluding carboxylic acids is 3. The molecule has 0 bridgehead atoms. The van der Waals surface area contributed by atoms with Crippen molar-refractivity contribution in [1.29, 1.82) is 0 Å². The van der Waals surface area contributed by atoms with Gasteiger partial charge in [-0.15, -0.1) is 0 Å². The number of nitrogens with one attached hydrogen (secondary N) is 3. The molecule has 47 heavy (non-hydrogen) atoms. The minimum absolute atomic E-state index is 0.0258. The number of aryl methyl sites for hydroxylation is 2. The van der Waals surface area contributed by atoms with Crippen LogP contribution in [0.3, 0.4) is 0 Å². The average molecular weight is 674 g/mol. The Kier molecular flexibility index (Phi) is 11.8. The van der Waals surface area contributed by atoms with Crippen LogP contribution in [-0.4, -0.2) is 97.3 Å². The van der Waals surface area contributed by atoms with Gasteiger partial charge < -0.3 is 31.1 Å². The Morgan fingerprint density at radius 1 is 0.936 bits per heavy atom. The van der Waals surface area contributed by atoms with Crippen molar-refractivity contribution < 1.29 is 34.2 Å². The summed E-state index contributed by atoms with van der Waals surface area (Å²) in [5, 5.41) is 29.0. The van der Waals surface area contributed by atoms with E-state index in [1.54, 1.807) is 65.6 Å². The molecule has 1 aromatic heterocycles. The Labute approximate surface area is 279 Å². The van der Waals surface area contributed by atoms with Gasteiger partial charge in [0, 0.05) is 49.7 Å². The number of thiazole rings is 1. The molecular formula is C32H47N7O7S. The molecule has 0 radical (unpaired) electrons. The van der Waals surface area contributed by atoms with Crippen LogP contribution >= 0.6 is 11.3 Å². The lowest BCUT2D eigenvalue weighted by atomic mass is 9.96. The number of likely N-dealkylation sites (tertiary alicyclic amines) is 1. The van der Waals surface area contributed by atoms with Crippen molar-refractivity contribution in [3.05, 3.63) is 40.4 Å². The predicted molar refractivity (Wildman–Crippen MR) is 180 cm³/mol. The molecule has 5 N–H and O–H groups in total. The highest BCUT2D eigenvalue weighted by molar-refractivity contribution is 7.17. The summed E-state index contributed by atoms with van der Waals surface area (Å²) in [7, 11) is 1.60. The van der Waals surface area contributed by atoms with Crippen LogP contribution in [0.25, 0.3) is 0 Å². The molecule has 0 unspecified atom stereocenters. The summed E-state index contributed by atoms with van der Waals surface area (Å²) < 4.78 is 0. The highest BCUT2D eigenvalue weighted by Crippen LogP contribution is 2.30. The molecule has 258 valence electrons. The molecule has 2 aromatic rings. The predicted octanol–water partition coefficient (Wildman–Crippen LogP) is 4.74. The monoisotopic (exact) mass is 673 g/mol. The first kappa shape index (κ1) is 37.1. The summed E-state index contributed by atoms with van der Waals surface area (Å²) >= 11 is 1.13. The summed E-state index contributed by atoms with van der Waals surface area (Å²) in [5.41, 5.74) is 0.122. The second-order valence-electron chi connectivity index (χ2n) is 13.5. The molecule has 0 saturated carbocycles. The van der Waals surface area contributed by atoms with Crippen molar-refractivity contribution >= 4 is 52.1 Å². The Balaban J connectivity index is 1.81. The standard InChI is InChI=1S/C32H47N7O7S/c1-19(40)34-27-36-23(24(47-27)26(42)37-17-15-21(16-18-37)25(41)33-8)14-11-20-9-12-22(13-10-20)35-28(38(29(43)44)31(2,3)4)39(30(45)46)32(5,6)7/h9-10,12-13,21,28,35H,11,14-18H2,1-8H3,(H,33,41)(H,43,44)(H,45,46)(H,34,36,40). The lowest BCUT2D eigenvalue weighted by Crippen LogP contribution is -2.66. The minimum atomic E-state index is -1.27. The molecule has 15 heteroatoms. The highest BCUT2D eigenvalue weighted by atomic mass is 32.1. The van der Waals surface area contributed by atoms with Crippen molar-refractivity contribution in [2.24, 2.45) is 5.92 Å². The van der Waals surface area contributed by atoms with E-state index in [1.807, 2.05) is 12.1 Å². The Hall–Kier alpha value is -4.40. The Morgan fingerprint density at radius 3 is 1.91 bits per heavy atom. The SMILES string of the molecule is CNC(=O)C1CCN(C(=O)c2sc(NC(C)=O)nc2CCc2ccc(NC(N(C(=O)O)C(C)(C)C)N(C(=O)O)C(C)(C)C)cc2)CC1. The zero-order valence-electron chi connectivity index (χ0n) is 28.3. The van der Waals surface area contributed by atoms with E-state index >= 15 is 0 Å². The van der Waals surface area contributed by atoms with Crippen LogP contribution in [0.1, 0.15) is 82.2 Å². The third kappa shape index (κ3) is 9.56. The van der Waals surface area contributed by atoms with Gasteiger partial charge in [0.15, 0.2) is 11.4 Å². The van der Waals surface area contributed by atoms with Gasteiger partial charge in [-0.2, -0.15) is 0 Å². The number of amides is 5. The van der Waals surface area contributed by atoms with Gasteiger partial charge in [0.1, 0.15) is 4.88 Å². The summed E-state index contributed by atoms with van der Waals surface area (Å²) in [6.07, 6.45) is -1.71. The van der Waals surface area contributed by atoms with Gasteiger partial charge >= 0.3 is 12.2 Å². The summed E-state index contributed by atoms with van der Waals surface area (Å²) in [6.45, 7) is 12.5. The van der Waals surface area contributed by atoms with Crippen LogP contribution in [0.5, 0.6) is 0 Å². The maximum absolute atomic E-state index is 13.6. The molecular weight excluding hydrogens is 626 g/mol. The summed E-state index contributed by atoms with van der Waals surface area (Å²) in [5.74, 6) is -0.632. The van der Waals surface area contributed by atoms with E-state index in [2.05, 4.69) is 20.9 Å². The molecule has 0 atom stereocenters. The maximum atomic E-state index is 13.6. The normalized spacial score (nSPS) is 14.0. The largest absolute Gasteiger partial charge is 0.465 e. The zero-order valence-corrected chi connectivity index (χ0v) is 29.2. The van der Waals surface area contributed by atoms with E-state index < -0.39 is 29.6 Å². The first-order valence-electron chi connectivity index (χ1n) is 15.5. The molecule has 0 spiro atoms. The lowest BCUT2D eigenvalue weighted by Gasteiger charge is -2.48. The number of benzene rings is 1. The number of carboxylic acid groups (broad SMARTS) is 2. The van der Waals surface area contributed by atoms with Gasteiger partial charge in [-0.25, -0.2) is 14.6 Å². The number of aromatic nitrogens is 1. The number of hydrogen-bond acceptors (Lipinski definition) is 8. The van der Waals surface area contributed by atoms with Crippen molar-refractivity contribution in [2.45, 2.75) is 91.5 Å². The maximum Gasteiger partial charge on any atom is 0.410 e. The lowest BCUT2D eigenvalue weighted by molar-refractivity contribution is -0.125. The average Bonchev–Trinajstić information content (AvgIpc) is 3.35. The molecule has 1 aromatic carbocycles. The van der Waals surface area contributed by atoms with Gasteiger partial charge in [0.25, 0.3) is 5.91 Å². The zero-order chi connectivity index (χ0) is 35.3. The Morgan fingerprint density at radius 2 is 1.47 bits per heavy atom. The molecule has 2 heterocycles. The fourth-order valence-corrected chi connectivity index (χ4v) is 6.55. The van der Waals surface area contributed by atoms with Crippen LogP contribution in [0.15, 0.2) is 24.3 Å². The molecule has 3 rings (SSSR count). The highest BCUT2D eigenvalue weighted by Gasteiger charge is 2.43. The third-order valence-electron chi connectivity index (χ3n) is 7.82. The number of nitrogens with zero attached hydrogens (tertiary/aromatic N) is 4. The fourth-order valence-electron chi connectivity index (χ4n) is 5.53. The van der Waals surface area contributed by atoms with Gasteiger partial charge in [-0.05, 0) is 84.9 Å². The van der Waals surface area contributed by atoms with E-state index in [0.29, 0.717) is 60.2 Å². The molecule has 14 nitrogen and oxygen atoms in total. The fraction of sp³-hybridized carbons (Fsp3) is 0.562. The van der Waals surface area contributed by atoms with E-state index in [9.17, 15) is 34.2 Å². The van der Waals surface area contributed by atoms with Gasteiger partial charge in [-0.1, -0.05) is 23.5 Å². The van der Waals surface area contributed by atoms with Gasteiger partial charge in [0.05, 0.1) is 5.69 Å². The van der Waals surface area contributed by atoms with Crippen molar-refractivity contribution in [3.63, 3.8) is 0 Å². The van der Waals surface area contributed by atoms with Crippen LogP contribution in [0.4, 0.5) is 20.4 Å². The smallest absolute Gasteiger partial charge is 0.410 e. The van der Waals surface area contributed by atoms with Crippen LogP contribution in [0.2, 0.25) is 0 Å². The van der Waals surface area contributed by atoms with Crippen molar-refractivity contribution in [3.8, 4) is 0 Å². The molecule has 1 aliphatic rings. The van der Waals surface area contributed by atoms with Gasteiger partial charge in [0.2, 0.25) is 11.8 Å². The first-order chi connectivity index (χ1) is 21.8. The summed E-state index contributed by atoms with van der Waals surface area (Å²) in [4.78, 5) is 71.0. The minimum Gasteiger partial charge on any atom is -0.465 e. The van der Waals surface area contributed by atoms with Gasteiger partial charge in [-0.3, -0.25) is 24.2 Å². The van der Waals surface area contributed by atoms with Crippen molar-refractivity contribution in [2.75, 3.05) is 30.8 Å². The van der Waals surface area contributed by atoms with E-state index in [4.69, 9.17) is 0 Å². The second-order valence-corrected chi connectivity index (χ2v) is 14.5. The van der Waals surface area contributed by atoms with E-state index in [1.165, 1.54) is 6.92 Å². The third-order valence-corrected chi connectivity index (χ3v) is 8.82. The molecule has 5 amide bonds. The number of rotatable bonds is 10. The quantitative estimate of drug-likeness (QED) is 0.222. The number of carbonyl (C=O) groups is 5. The Bertz CT molecular complexity index is 1420. The van der Waals surface area contributed by atoms with Crippen LogP contribution in [-0.2, 0) is 22.4 Å². The second kappa shape index (κ2) is 15.0. The molecule has 1 aliphatic heterocycles. The number of anilines is 2.